The lowest BCUT2D eigenvalue weighted by atomic mass is 10.1. The summed E-state index contributed by atoms with van der Waals surface area (Å²) < 4.78 is 12.6. The van der Waals surface area contributed by atoms with Crippen molar-refractivity contribution >= 4 is 32.9 Å². The zero-order valence-electron chi connectivity index (χ0n) is 12.2. The molecule has 1 heterocycles. The van der Waals surface area contributed by atoms with Gasteiger partial charge in [-0.1, -0.05) is 22.9 Å². The van der Waals surface area contributed by atoms with Crippen LogP contribution in [0.25, 0.3) is 11.0 Å². The number of esters is 1. The third kappa shape index (κ3) is 2.11. The van der Waals surface area contributed by atoms with Gasteiger partial charge in [0.1, 0.15) is 5.76 Å². The molecule has 2 aliphatic carbocycles. The van der Waals surface area contributed by atoms with E-state index in [4.69, 9.17) is 9.15 Å². The molecule has 4 heteroatoms. The molecule has 0 bridgehead atoms. The second-order valence-electron chi connectivity index (χ2n) is 6.91. The first-order chi connectivity index (χ1) is 9.91. The van der Waals surface area contributed by atoms with Gasteiger partial charge in [0, 0.05) is 15.3 Å². The van der Waals surface area contributed by atoms with Crippen LogP contribution in [0.15, 0.2) is 27.1 Å². The van der Waals surface area contributed by atoms with Gasteiger partial charge in [0.05, 0.1) is 5.41 Å². The molecule has 0 radical (unpaired) electrons. The highest BCUT2D eigenvalue weighted by Crippen LogP contribution is 2.51. The minimum Gasteiger partial charge on any atom is -0.457 e. The van der Waals surface area contributed by atoms with Gasteiger partial charge in [-0.05, 0) is 50.8 Å². The van der Waals surface area contributed by atoms with Gasteiger partial charge in [-0.2, -0.15) is 0 Å². The molecule has 1 aromatic heterocycles. The van der Waals surface area contributed by atoms with Crippen molar-refractivity contribution in [1.82, 2.24) is 0 Å². The van der Waals surface area contributed by atoms with Crippen LogP contribution in [0, 0.1) is 5.41 Å². The molecule has 0 unspecified atom stereocenters. The molecule has 0 saturated heterocycles. The molecule has 3 nitrogen and oxygen atoms in total. The van der Waals surface area contributed by atoms with Crippen molar-refractivity contribution in [2.24, 2.45) is 5.41 Å². The van der Waals surface area contributed by atoms with E-state index in [-0.39, 0.29) is 16.8 Å². The molecule has 0 spiro atoms. The standard InChI is InChI=1S/C17H17BrO3/c1-16(5-6-16)13-9-10-11(18)3-4-12(14(10)21-13)20-15(19)17(2)7-8-17/h3-4,9H,5-8H2,1-2H3. The number of carbonyl (C=O) groups excluding carboxylic acids is 1. The maximum Gasteiger partial charge on any atom is 0.317 e. The Labute approximate surface area is 131 Å². The number of hydrogen-bond donors (Lipinski definition) is 0. The molecule has 2 fully saturated rings. The summed E-state index contributed by atoms with van der Waals surface area (Å²) >= 11 is 3.55. The third-order valence-electron chi connectivity index (χ3n) is 4.88. The molecular weight excluding hydrogens is 332 g/mol. The average molecular weight is 349 g/mol. The van der Waals surface area contributed by atoms with Crippen molar-refractivity contribution in [2.45, 2.75) is 44.9 Å². The molecule has 0 amide bonds. The predicted molar refractivity (Wildman–Crippen MR) is 83.5 cm³/mol. The quantitative estimate of drug-likeness (QED) is 0.581. The van der Waals surface area contributed by atoms with E-state index >= 15 is 0 Å². The summed E-state index contributed by atoms with van der Waals surface area (Å²) in [6, 6.07) is 5.79. The van der Waals surface area contributed by atoms with Crippen molar-refractivity contribution in [3.63, 3.8) is 0 Å². The molecule has 0 aliphatic heterocycles. The molecule has 4 rings (SSSR count). The summed E-state index contributed by atoms with van der Waals surface area (Å²) in [5, 5.41) is 0.976. The minimum atomic E-state index is -0.294. The molecule has 2 aliphatic rings. The van der Waals surface area contributed by atoms with Crippen LogP contribution in [0.2, 0.25) is 0 Å². The number of furan rings is 1. The van der Waals surface area contributed by atoms with Crippen molar-refractivity contribution in [3.8, 4) is 5.75 Å². The molecule has 2 saturated carbocycles. The van der Waals surface area contributed by atoms with Gasteiger partial charge in [-0.3, -0.25) is 4.79 Å². The fourth-order valence-corrected chi connectivity index (χ4v) is 2.92. The maximum absolute atomic E-state index is 12.2. The number of ether oxygens (including phenoxy) is 1. The van der Waals surface area contributed by atoms with Gasteiger partial charge in [0.15, 0.2) is 11.3 Å². The Kier molecular flexibility index (Phi) is 2.63. The number of benzene rings is 1. The zero-order valence-corrected chi connectivity index (χ0v) is 13.7. The first-order valence-electron chi connectivity index (χ1n) is 7.36. The number of hydrogen-bond acceptors (Lipinski definition) is 3. The normalized spacial score (nSPS) is 21.3. The molecular formula is C17H17BrO3. The van der Waals surface area contributed by atoms with E-state index in [1.807, 2.05) is 13.0 Å². The lowest BCUT2D eigenvalue weighted by Crippen LogP contribution is -2.18. The van der Waals surface area contributed by atoms with Crippen molar-refractivity contribution in [3.05, 3.63) is 28.4 Å². The molecule has 21 heavy (non-hydrogen) atoms. The third-order valence-corrected chi connectivity index (χ3v) is 5.58. The fourth-order valence-electron chi connectivity index (χ4n) is 2.49. The van der Waals surface area contributed by atoms with Crippen LogP contribution in [0.5, 0.6) is 5.75 Å². The van der Waals surface area contributed by atoms with Crippen LogP contribution in [0.4, 0.5) is 0 Å². The Morgan fingerprint density at radius 1 is 1.24 bits per heavy atom. The first-order valence-corrected chi connectivity index (χ1v) is 8.15. The maximum atomic E-state index is 12.2. The van der Waals surface area contributed by atoms with Crippen LogP contribution in [0.1, 0.15) is 45.3 Å². The number of halogens is 1. The van der Waals surface area contributed by atoms with Gasteiger partial charge in [-0.15, -0.1) is 0 Å². The zero-order chi connectivity index (χ0) is 14.8. The Balaban J connectivity index is 1.76. The topological polar surface area (TPSA) is 39.4 Å². The fraction of sp³-hybridized carbons (Fsp3) is 0.471. The van der Waals surface area contributed by atoms with Crippen molar-refractivity contribution < 1.29 is 13.9 Å². The van der Waals surface area contributed by atoms with Crippen LogP contribution >= 0.6 is 15.9 Å². The number of rotatable bonds is 3. The second kappa shape index (κ2) is 4.13. The highest BCUT2D eigenvalue weighted by atomic mass is 79.9. The Hall–Kier alpha value is -1.29. The van der Waals surface area contributed by atoms with Gasteiger partial charge in [0.2, 0.25) is 0 Å². The number of carbonyl (C=O) groups is 1. The summed E-state index contributed by atoms with van der Waals surface area (Å²) in [6.45, 7) is 4.15. The van der Waals surface area contributed by atoms with E-state index < -0.39 is 0 Å². The van der Waals surface area contributed by atoms with E-state index in [0.717, 1.165) is 41.3 Å². The van der Waals surface area contributed by atoms with E-state index in [0.29, 0.717) is 11.3 Å². The monoisotopic (exact) mass is 348 g/mol. The van der Waals surface area contributed by atoms with E-state index in [2.05, 4.69) is 28.9 Å². The smallest absolute Gasteiger partial charge is 0.317 e. The Morgan fingerprint density at radius 3 is 2.57 bits per heavy atom. The van der Waals surface area contributed by atoms with Gasteiger partial charge in [-0.25, -0.2) is 0 Å². The highest BCUT2D eigenvalue weighted by molar-refractivity contribution is 9.10. The second-order valence-corrected chi connectivity index (χ2v) is 7.76. The molecule has 2 aromatic rings. The molecule has 0 atom stereocenters. The van der Waals surface area contributed by atoms with Gasteiger partial charge in [0.25, 0.3) is 0 Å². The van der Waals surface area contributed by atoms with Crippen LogP contribution in [0.3, 0.4) is 0 Å². The Bertz CT molecular complexity index is 751. The number of fused-ring (bicyclic) bond motifs is 1. The first kappa shape index (κ1) is 13.4. The van der Waals surface area contributed by atoms with Gasteiger partial charge >= 0.3 is 5.97 Å². The van der Waals surface area contributed by atoms with Crippen LogP contribution in [-0.4, -0.2) is 5.97 Å². The summed E-state index contributed by atoms with van der Waals surface area (Å²) in [5.74, 6) is 1.36. The predicted octanol–water partition coefficient (Wildman–Crippen LogP) is 4.95. The summed E-state index contributed by atoms with van der Waals surface area (Å²) in [6.07, 6.45) is 4.12. The molecule has 0 N–H and O–H groups in total. The lowest BCUT2D eigenvalue weighted by Gasteiger charge is -2.09. The molecule has 110 valence electrons. The van der Waals surface area contributed by atoms with Gasteiger partial charge < -0.3 is 9.15 Å². The Morgan fingerprint density at radius 2 is 1.95 bits per heavy atom. The van der Waals surface area contributed by atoms with Crippen molar-refractivity contribution in [1.29, 1.82) is 0 Å². The SMILES string of the molecule is CC1(C(=O)Oc2ccc(Br)c3cc(C4(C)CC4)oc23)CC1. The largest absolute Gasteiger partial charge is 0.457 e. The molecule has 1 aromatic carbocycles. The summed E-state index contributed by atoms with van der Waals surface area (Å²) in [7, 11) is 0. The van der Waals surface area contributed by atoms with E-state index in [1.165, 1.54) is 0 Å². The highest BCUT2D eigenvalue weighted by Gasteiger charge is 2.47. The van der Waals surface area contributed by atoms with Crippen LogP contribution < -0.4 is 4.74 Å². The summed E-state index contributed by atoms with van der Waals surface area (Å²) in [5.41, 5.74) is 0.532. The average Bonchev–Trinajstić information content (AvgIpc) is 3.32. The van der Waals surface area contributed by atoms with Crippen molar-refractivity contribution in [2.75, 3.05) is 0 Å². The van der Waals surface area contributed by atoms with E-state index in [9.17, 15) is 4.79 Å². The lowest BCUT2D eigenvalue weighted by molar-refractivity contribution is -0.139. The minimum absolute atomic E-state index is 0.151. The van der Waals surface area contributed by atoms with E-state index in [1.54, 1.807) is 6.07 Å². The van der Waals surface area contributed by atoms with Crippen LogP contribution in [-0.2, 0) is 10.2 Å². The summed E-state index contributed by atoms with van der Waals surface area (Å²) in [4.78, 5) is 12.2.